The standard InChI is InChI=1S/C30H22N2O2/c31-29-17-13-27(14-18-29)25-9-5-23(6-10-25)21-1-3-22(4-2-21)24-7-11-26(12-8-24)28-15-19-30(20-16-28)32(33)34/h1-20H,31H2. The SMILES string of the molecule is Nc1ccc(-c2ccc(-c3ccc(-c4ccc(-c5ccc([N+](=O)[O-])cc5)cc4)cc3)cc2)cc1. The van der Waals surface area contributed by atoms with Crippen LogP contribution >= 0.6 is 0 Å². The van der Waals surface area contributed by atoms with E-state index in [0.717, 1.165) is 44.6 Å². The predicted octanol–water partition coefficient (Wildman–Crippen LogP) is 7.85. The molecule has 0 heterocycles. The van der Waals surface area contributed by atoms with Crippen molar-refractivity contribution in [3.8, 4) is 44.5 Å². The van der Waals surface area contributed by atoms with E-state index in [-0.39, 0.29) is 10.6 Å². The van der Waals surface area contributed by atoms with E-state index >= 15 is 0 Å². The van der Waals surface area contributed by atoms with E-state index in [1.807, 2.05) is 36.4 Å². The van der Waals surface area contributed by atoms with Gasteiger partial charge >= 0.3 is 0 Å². The number of benzene rings is 5. The van der Waals surface area contributed by atoms with Gasteiger partial charge in [0.15, 0.2) is 0 Å². The minimum atomic E-state index is -0.384. The maximum absolute atomic E-state index is 10.9. The Morgan fingerprint density at radius 1 is 0.412 bits per heavy atom. The molecule has 4 heteroatoms. The smallest absolute Gasteiger partial charge is 0.269 e. The molecule has 5 rings (SSSR count). The molecule has 2 N–H and O–H groups in total. The van der Waals surface area contributed by atoms with Gasteiger partial charge in [-0.25, -0.2) is 0 Å². The summed E-state index contributed by atoms with van der Waals surface area (Å²) in [6.07, 6.45) is 0. The summed E-state index contributed by atoms with van der Waals surface area (Å²) in [5.74, 6) is 0. The van der Waals surface area contributed by atoms with Gasteiger partial charge in [0.1, 0.15) is 0 Å². The van der Waals surface area contributed by atoms with Crippen LogP contribution in [0, 0.1) is 10.1 Å². The molecule has 4 nitrogen and oxygen atoms in total. The minimum absolute atomic E-state index is 0.0975. The number of nitro groups is 1. The highest BCUT2D eigenvalue weighted by molar-refractivity contribution is 5.75. The lowest BCUT2D eigenvalue weighted by Gasteiger charge is -2.08. The Labute approximate surface area is 198 Å². The van der Waals surface area contributed by atoms with E-state index in [4.69, 9.17) is 5.73 Å². The molecular weight excluding hydrogens is 420 g/mol. The number of rotatable bonds is 5. The van der Waals surface area contributed by atoms with Crippen molar-refractivity contribution in [3.63, 3.8) is 0 Å². The van der Waals surface area contributed by atoms with Crippen molar-refractivity contribution in [2.24, 2.45) is 0 Å². The first-order valence-corrected chi connectivity index (χ1v) is 11.0. The predicted molar refractivity (Wildman–Crippen MR) is 139 cm³/mol. The summed E-state index contributed by atoms with van der Waals surface area (Å²) in [4.78, 5) is 10.5. The Bertz CT molecular complexity index is 1420. The van der Waals surface area contributed by atoms with Gasteiger partial charge in [0.05, 0.1) is 4.92 Å². The zero-order valence-corrected chi connectivity index (χ0v) is 18.4. The molecule has 0 aliphatic heterocycles. The second-order valence-corrected chi connectivity index (χ2v) is 8.16. The summed E-state index contributed by atoms with van der Waals surface area (Å²) in [7, 11) is 0. The third-order valence-electron chi connectivity index (χ3n) is 5.98. The van der Waals surface area contributed by atoms with Gasteiger partial charge in [-0.1, -0.05) is 84.9 Å². The van der Waals surface area contributed by atoms with Crippen LogP contribution in [0.25, 0.3) is 44.5 Å². The highest BCUT2D eigenvalue weighted by Crippen LogP contribution is 2.29. The first kappa shape index (κ1) is 21.2. The molecule has 0 saturated heterocycles. The molecule has 5 aromatic carbocycles. The molecule has 0 spiro atoms. The molecule has 0 amide bonds. The highest BCUT2D eigenvalue weighted by Gasteiger charge is 2.06. The Hall–Kier alpha value is -4.70. The Morgan fingerprint density at radius 2 is 0.618 bits per heavy atom. The van der Waals surface area contributed by atoms with Gasteiger partial charge in [-0.2, -0.15) is 0 Å². The molecule has 0 bridgehead atoms. The third-order valence-corrected chi connectivity index (χ3v) is 5.98. The van der Waals surface area contributed by atoms with Crippen molar-refractivity contribution in [1.82, 2.24) is 0 Å². The van der Waals surface area contributed by atoms with Crippen molar-refractivity contribution in [1.29, 1.82) is 0 Å². The van der Waals surface area contributed by atoms with E-state index in [2.05, 4.69) is 60.7 Å². The van der Waals surface area contributed by atoms with Crippen LogP contribution in [0.2, 0.25) is 0 Å². The largest absolute Gasteiger partial charge is 0.399 e. The zero-order valence-electron chi connectivity index (χ0n) is 18.4. The van der Waals surface area contributed by atoms with Crippen molar-refractivity contribution in [2.45, 2.75) is 0 Å². The monoisotopic (exact) mass is 442 g/mol. The summed E-state index contributed by atoms with van der Waals surface area (Å²) in [5, 5.41) is 10.9. The van der Waals surface area contributed by atoms with E-state index in [1.165, 1.54) is 17.7 Å². The lowest BCUT2D eigenvalue weighted by atomic mass is 9.97. The fraction of sp³-hybridized carbons (Fsp3) is 0. The molecule has 0 aliphatic rings. The van der Waals surface area contributed by atoms with Crippen LogP contribution < -0.4 is 5.73 Å². The molecule has 5 aromatic rings. The molecule has 0 radical (unpaired) electrons. The molecule has 164 valence electrons. The van der Waals surface area contributed by atoms with Crippen LogP contribution in [-0.4, -0.2) is 4.92 Å². The van der Waals surface area contributed by atoms with Crippen molar-refractivity contribution >= 4 is 11.4 Å². The van der Waals surface area contributed by atoms with Gasteiger partial charge in [-0.3, -0.25) is 10.1 Å². The number of hydrogen-bond acceptors (Lipinski definition) is 3. The number of anilines is 1. The number of nitrogen functional groups attached to an aromatic ring is 1. The van der Waals surface area contributed by atoms with Crippen molar-refractivity contribution in [3.05, 3.63) is 131 Å². The molecule has 0 aromatic heterocycles. The summed E-state index contributed by atoms with van der Waals surface area (Å²) in [6.45, 7) is 0. The first-order valence-electron chi connectivity index (χ1n) is 11.0. The second-order valence-electron chi connectivity index (χ2n) is 8.16. The lowest BCUT2D eigenvalue weighted by molar-refractivity contribution is -0.384. The topological polar surface area (TPSA) is 69.2 Å². The molecule has 34 heavy (non-hydrogen) atoms. The van der Waals surface area contributed by atoms with Gasteiger partial charge in [0.2, 0.25) is 0 Å². The number of non-ortho nitro benzene ring substituents is 1. The average molecular weight is 443 g/mol. The van der Waals surface area contributed by atoms with E-state index in [9.17, 15) is 10.1 Å². The quantitative estimate of drug-likeness (QED) is 0.171. The molecular formula is C30H22N2O2. The normalized spacial score (nSPS) is 10.7. The number of nitro benzene ring substituents is 1. The van der Waals surface area contributed by atoms with Crippen LogP contribution in [0.15, 0.2) is 121 Å². The molecule has 0 saturated carbocycles. The van der Waals surface area contributed by atoms with E-state index in [0.29, 0.717) is 0 Å². The van der Waals surface area contributed by atoms with Crippen LogP contribution in [0.3, 0.4) is 0 Å². The Morgan fingerprint density at radius 3 is 0.853 bits per heavy atom. The van der Waals surface area contributed by atoms with E-state index in [1.54, 1.807) is 12.1 Å². The maximum Gasteiger partial charge on any atom is 0.269 e. The van der Waals surface area contributed by atoms with Crippen LogP contribution in [0.1, 0.15) is 0 Å². The average Bonchev–Trinajstić information content (AvgIpc) is 2.90. The van der Waals surface area contributed by atoms with Gasteiger partial charge < -0.3 is 5.73 Å². The zero-order chi connectivity index (χ0) is 23.5. The summed E-state index contributed by atoms with van der Waals surface area (Å²) < 4.78 is 0. The third kappa shape index (κ3) is 4.43. The van der Waals surface area contributed by atoms with Crippen molar-refractivity contribution in [2.75, 3.05) is 5.73 Å². The van der Waals surface area contributed by atoms with Gasteiger partial charge in [0, 0.05) is 17.8 Å². The molecule has 0 fully saturated rings. The van der Waals surface area contributed by atoms with Crippen LogP contribution in [-0.2, 0) is 0 Å². The molecule has 0 atom stereocenters. The van der Waals surface area contributed by atoms with E-state index < -0.39 is 0 Å². The number of nitrogens with two attached hydrogens (primary N) is 1. The van der Waals surface area contributed by atoms with Crippen molar-refractivity contribution < 1.29 is 4.92 Å². The minimum Gasteiger partial charge on any atom is -0.399 e. The Balaban J connectivity index is 1.32. The fourth-order valence-corrected chi connectivity index (χ4v) is 4.02. The lowest BCUT2D eigenvalue weighted by Crippen LogP contribution is -1.87. The maximum atomic E-state index is 10.9. The first-order chi connectivity index (χ1) is 16.6. The molecule has 0 unspecified atom stereocenters. The summed E-state index contributed by atoms with van der Waals surface area (Å²) in [6, 6.07) is 39.8. The second kappa shape index (κ2) is 9.04. The number of hydrogen-bond donors (Lipinski definition) is 1. The van der Waals surface area contributed by atoms with Gasteiger partial charge in [-0.05, 0) is 68.8 Å². The van der Waals surface area contributed by atoms with Gasteiger partial charge in [0.25, 0.3) is 5.69 Å². The van der Waals surface area contributed by atoms with Gasteiger partial charge in [-0.15, -0.1) is 0 Å². The fourth-order valence-electron chi connectivity index (χ4n) is 4.02. The van der Waals surface area contributed by atoms with Crippen LogP contribution in [0.5, 0.6) is 0 Å². The summed E-state index contributed by atoms with van der Waals surface area (Å²) >= 11 is 0. The van der Waals surface area contributed by atoms with Crippen LogP contribution in [0.4, 0.5) is 11.4 Å². The number of nitrogens with zero attached hydrogens (tertiary/aromatic N) is 1. The summed E-state index contributed by atoms with van der Waals surface area (Å²) in [5.41, 5.74) is 15.5. The highest BCUT2D eigenvalue weighted by atomic mass is 16.6. The molecule has 0 aliphatic carbocycles. The Kier molecular flexibility index (Phi) is 5.63.